The summed E-state index contributed by atoms with van der Waals surface area (Å²) in [6.45, 7) is 0.921. The van der Waals surface area contributed by atoms with Crippen LogP contribution in [0.15, 0.2) is 70.2 Å². The Labute approximate surface area is 210 Å². The molecule has 1 aliphatic heterocycles. The van der Waals surface area contributed by atoms with Crippen molar-refractivity contribution < 1.29 is 22.4 Å². The van der Waals surface area contributed by atoms with Crippen LogP contribution >= 0.6 is 11.6 Å². The van der Waals surface area contributed by atoms with E-state index in [1.807, 2.05) is 25.1 Å². The van der Waals surface area contributed by atoms with E-state index in [0.717, 1.165) is 24.1 Å². The van der Waals surface area contributed by atoms with E-state index in [4.69, 9.17) is 20.8 Å². The molecule has 1 aromatic heterocycles. The van der Waals surface area contributed by atoms with Crippen molar-refractivity contribution in [3.63, 3.8) is 0 Å². The number of amides is 1. The number of carbonyl (C=O) groups is 1. The average Bonchev–Trinajstić information content (AvgIpc) is 3.53. The van der Waals surface area contributed by atoms with Gasteiger partial charge in [0.2, 0.25) is 10.0 Å². The highest BCUT2D eigenvalue weighted by Crippen LogP contribution is 2.29. The number of benzene rings is 2. The van der Waals surface area contributed by atoms with Crippen LogP contribution in [0, 0.1) is 0 Å². The molecule has 0 saturated carbocycles. The van der Waals surface area contributed by atoms with E-state index in [9.17, 15) is 13.2 Å². The third kappa shape index (κ3) is 6.05. The first-order chi connectivity index (χ1) is 16.7. The summed E-state index contributed by atoms with van der Waals surface area (Å²) < 4.78 is 39.7. The third-order valence-electron chi connectivity index (χ3n) is 5.78. The van der Waals surface area contributed by atoms with Crippen LogP contribution in [0.4, 0.5) is 11.4 Å². The molecule has 0 aliphatic carbocycles. The molecule has 1 N–H and O–H groups in total. The van der Waals surface area contributed by atoms with Crippen LogP contribution in [0.5, 0.6) is 0 Å². The molecule has 4 rings (SSSR count). The summed E-state index contributed by atoms with van der Waals surface area (Å²) in [5.74, 6) is -0.201. The lowest BCUT2D eigenvalue weighted by molar-refractivity contribution is 0.0926. The van der Waals surface area contributed by atoms with Gasteiger partial charge in [-0.05, 0) is 66.9 Å². The maximum atomic E-state index is 13.7. The summed E-state index contributed by atoms with van der Waals surface area (Å²) in [4.78, 5) is 14.5. The first-order valence-electron chi connectivity index (χ1n) is 11.3. The molecule has 10 heteroatoms. The summed E-state index contributed by atoms with van der Waals surface area (Å²) in [7, 11) is -0.106. The van der Waals surface area contributed by atoms with Crippen molar-refractivity contribution in [1.29, 1.82) is 0 Å². The Hall–Kier alpha value is -2.85. The molecule has 0 radical (unpaired) electrons. The summed E-state index contributed by atoms with van der Waals surface area (Å²) in [6.07, 6.45) is 2.93. The Morgan fingerprint density at radius 1 is 1.14 bits per heavy atom. The fraction of sp³-hybridized carbons (Fsp3) is 0.320. The van der Waals surface area contributed by atoms with E-state index in [0.29, 0.717) is 17.3 Å². The summed E-state index contributed by atoms with van der Waals surface area (Å²) in [5.41, 5.74) is 2.10. The fourth-order valence-corrected chi connectivity index (χ4v) is 5.81. The van der Waals surface area contributed by atoms with E-state index in [1.54, 1.807) is 36.4 Å². The highest BCUT2D eigenvalue weighted by molar-refractivity contribution is 7.89. The van der Waals surface area contributed by atoms with Crippen LogP contribution in [0.2, 0.25) is 5.02 Å². The van der Waals surface area contributed by atoms with Gasteiger partial charge in [-0.3, -0.25) is 4.79 Å². The predicted molar refractivity (Wildman–Crippen MR) is 135 cm³/mol. The van der Waals surface area contributed by atoms with Gasteiger partial charge in [-0.25, -0.2) is 8.42 Å². The number of sulfonamides is 1. The van der Waals surface area contributed by atoms with Gasteiger partial charge in [-0.2, -0.15) is 4.31 Å². The van der Waals surface area contributed by atoms with E-state index in [-0.39, 0.29) is 35.8 Å². The third-order valence-corrected chi connectivity index (χ3v) is 7.82. The number of rotatable bonds is 9. The molecular weight excluding hydrogens is 490 g/mol. The lowest BCUT2D eigenvalue weighted by Crippen LogP contribution is -2.37. The molecule has 3 aromatic rings. The number of nitrogens with zero attached hydrogens (tertiary/aromatic N) is 2. The monoisotopic (exact) mass is 517 g/mol. The van der Waals surface area contributed by atoms with Crippen molar-refractivity contribution >= 4 is 38.9 Å². The van der Waals surface area contributed by atoms with Crippen molar-refractivity contribution in [2.24, 2.45) is 0 Å². The van der Waals surface area contributed by atoms with E-state index >= 15 is 0 Å². The van der Waals surface area contributed by atoms with Gasteiger partial charge in [0.05, 0.1) is 17.3 Å². The number of carbonyl (C=O) groups excluding carboxylic acids is 1. The molecule has 2 heterocycles. The molecule has 35 heavy (non-hydrogen) atoms. The smallest absolute Gasteiger partial charge is 0.291 e. The average molecular weight is 518 g/mol. The lowest BCUT2D eigenvalue weighted by Gasteiger charge is -2.27. The molecule has 1 unspecified atom stereocenters. The Kier molecular flexibility index (Phi) is 7.81. The first-order valence-corrected chi connectivity index (χ1v) is 13.1. The first kappa shape index (κ1) is 25.2. The minimum absolute atomic E-state index is 0.0900. The van der Waals surface area contributed by atoms with Gasteiger partial charge in [0.25, 0.3) is 5.91 Å². The summed E-state index contributed by atoms with van der Waals surface area (Å²) >= 11 is 6.10. The fourth-order valence-electron chi connectivity index (χ4n) is 4.06. The predicted octanol–water partition coefficient (Wildman–Crippen LogP) is 4.62. The summed E-state index contributed by atoms with van der Waals surface area (Å²) in [6, 6.07) is 14.9. The van der Waals surface area contributed by atoms with Crippen LogP contribution in [0.3, 0.4) is 0 Å². The standard InChI is InChI=1S/C25H28ClN3O5S/c1-28(2)23-11-10-20(27-25(30)24-9-5-13-34-24)14-18(23)16-29(17-21-7-4-12-33-21)35(31,32)22-8-3-6-19(26)15-22/h3,5-6,8-11,13-15,21H,4,7,12,16-17H2,1-2H3,(H,27,30). The zero-order valence-corrected chi connectivity index (χ0v) is 21.2. The molecule has 1 fully saturated rings. The van der Waals surface area contributed by atoms with Crippen molar-refractivity contribution in [1.82, 2.24) is 4.31 Å². The zero-order chi connectivity index (χ0) is 25.0. The quantitative estimate of drug-likeness (QED) is 0.445. The van der Waals surface area contributed by atoms with E-state index in [1.165, 1.54) is 22.7 Å². The maximum Gasteiger partial charge on any atom is 0.291 e. The van der Waals surface area contributed by atoms with Crippen molar-refractivity contribution in [2.75, 3.05) is 37.5 Å². The molecule has 1 aliphatic rings. The van der Waals surface area contributed by atoms with E-state index < -0.39 is 10.0 Å². The SMILES string of the molecule is CN(C)c1ccc(NC(=O)c2ccco2)cc1CN(CC1CCCO1)S(=O)(=O)c1cccc(Cl)c1. The van der Waals surface area contributed by atoms with Crippen LogP contribution in [0.25, 0.3) is 0 Å². The molecule has 8 nitrogen and oxygen atoms in total. The van der Waals surface area contributed by atoms with Crippen LogP contribution in [-0.2, 0) is 21.3 Å². The normalized spacial score (nSPS) is 15.9. The highest BCUT2D eigenvalue weighted by atomic mass is 35.5. The largest absolute Gasteiger partial charge is 0.459 e. The summed E-state index contributed by atoms with van der Waals surface area (Å²) in [5, 5.41) is 3.16. The Bertz CT molecular complexity index is 1270. The van der Waals surface area contributed by atoms with Gasteiger partial charge < -0.3 is 19.4 Å². The van der Waals surface area contributed by atoms with Crippen molar-refractivity contribution in [2.45, 2.75) is 30.4 Å². The number of halogens is 1. The van der Waals surface area contributed by atoms with Gasteiger partial charge in [0.15, 0.2) is 5.76 Å². The molecular formula is C25H28ClN3O5S. The Balaban J connectivity index is 1.68. The molecule has 1 amide bonds. The minimum Gasteiger partial charge on any atom is -0.459 e. The lowest BCUT2D eigenvalue weighted by atomic mass is 10.1. The van der Waals surface area contributed by atoms with Crippen LogP contribution in [-0.4, -0.2) is 52.0 Å². The van der Waals surface area contributed by atoms with Crippen molar-refractivity contribution in [3.8, 4) is 0 Å². The Morgan fingerprint density at radius 2 is 1.97 bits per heavy atom. The number of hydrogen-bond donors (Lipinski definition) is 1. The van der Waals surface area contributed by atoms with Crippen molar-refractivity contribution in [3.05, 3.63) is 77.2 Å². The number of hydrogen-bond acceptors (Lipinski definition) is 6. The minimum atomic E-state index is -3.88. The van der Waals surface area contributed by atoms with Gasteiger partial charge in [0, 0.05) is 50.2 Å². The zero-order valence-electron chi connectivity index (χ0n) is 19.6. The highest BCUT2D eigenvalue weighted by Gasteiger charge is 2.30. The van der Waals surface area contributed by atoms with Crippen LogP contribution < -0.4 is 10.2 Å². The number of nitrogens with one attached hydrogen (secondary N) is 1. The Morgan fingerprint density at radius 3 is 2.63 bits per heavy atom. The maximum absolute atomic E-state index is 13.7. The molecule has 186 valence electrons. The second-order valence-corrected chi connectivity index (χ2v) is 10.9. The topological polar surface area (TPSA) is 92.1 Å². The molecule has 1 saturated heterocycles. The van der Waals surface area contributed by atoms with E-state index in [2.05, 4.69) is 5.32 Å². The number of ether oxygens (including phenoxy) is 1. The molecule has 2 aromatic carbocycles. The van der Waals surface area contributed by atoms with Gasteiger partial charge >= 0.3 is 0 Å². The second-order valence-electron chi connectivity index (χ2n) is 8.56. The molecule has 1 atom stereocenters. The number of anilines is 2. The molecule has 0 bridgehead atoms. The van der Waals surface area contributed by atoms with Gasteiger partial charge in [-0.15, -0.1) is 0 Å². The van der Waals surface area contributed by atoms with Crippen LogP contribution in [0.1, 0.15) is 29.0 Å². The second kappa shape index (κ2) is 10.8. The van der Waals surface area contributed by atoms with Gasteiger partial charge in [-0.1, -0.05) is 17.7 Å². The van der Waals surface area contributed by atoms with Gasteiger partial charge in [0.1, 0.15) is 0 Å². The number of furan rings is 1. The molecule has 0 spiro atoms.